The van der Waals surface area contributed by atoms with E-state index in [1.807, 2.05) is 0 Å². The summed E-state index contributed by atoms with van der Waals surface area (Å²) in [4.78, 5) is 25.4. The molecule has 0 aromatic rings. The van der Waals surface area contributed by atoms with Crippen molar-refractivity contribution in [2.75, 3.05) is 19.7 Å². The number of carbonyl (C=O) groups is 2. The van der Waals surface area contributed by atoms with E-state index in [2.05, 4.69) is 5.32 Å². The zero-order valence-corrected chi connectivity index (χ0v) is 12.0. The number of nitrogens with zero attached hydrogens (tertiary/aromatic N) is 1. The molecule has 1 heterocycles. The van der Waals surface area contributed by atoms with Crippen LogP contribution < -0.4 is 5.32 Å². The number of aliphatic hydroxyl groups is 1. The van der Waals surface area contributed by atoms with Crippen molar-refractivity contribution in [3.05, 3.63) is 0 Å². The topological polar surface area (TPSA) is 69.6 Å². The van der Waals surface area contributed by atoms with Crippen molar-refractivity contribution in [2.24, 2.45) is 23.7 Å². The van der Waals surface area contributed by atoms with Crippen LogP contribution in [0.5, 0.6) is 0 Å². The molecule has 2 bridgehead atoms. The summed E-state index contributed by atoms with van der Waals surface area (Å²) in [6, 6.07) is 0.151. The molecule has 5 nitrogen and oxygen atoms in total. The summed E-state index contributed by atoms with van der Waals surface area (Å²) in [5.41, 5.74) is 0. The minimum atomic E-state index is -0.0719. The number of carbonyl (C=O) groups excluding carboxylic acids is 2. The molecule has 0 aromatic carbocycles. The Balaban J connectivity index is 1.58. The fraction of sp³-hybridized carbons (Fsp3) is 0.867. The molecule has 3 rings (SSSR count). The van der Waals surface area contributed by atoms with Gasteiger partial charge in [0.2, 0.25) is 11.8 Å². The number of rotatable bonds is 3. The van der Waals surface area contributed by atoms with Crippen LogP contribution in [0.1, 0.15) is 32.6 Å². The van der Waals surface area contributed by atoms with Gasteiger partial charge in [0.15, 0.2) is 0 Å². The Bertz CT molecular complexity index is 412. The number of nitrogens with one attached hydrogen (secondary N) is 1. The zero-order chi connectivity index (χ0) is 14.3. The Kier molecular flexibility index (Phi) is 3.71. The second-order valence-corrected chi connectivity index (χ2v) is 6.66. The van der Waals surface area contributed by atoms with Gasteiger partial charge in [-0.25, -0.2) is 0 Å². The van der Waals surface area contributed by atoms with Gasteiger partial charge >= 0.3 is 0 Å². The fourth-order valence-electron chi connectivity index (χ4n) is 4.44. The molecule has 5 unspecified atom stereocenters. The number of amides is 2. The highest BCUT2D eigenvalue weighted by atomic mass is 16.3. The van der Waals surface area contributed by atoms with Crippen molar-refractivity contribution in [1.29, 1.82) is 0 Å². The lowest BCUT2D eigenvalue weighted by Gasteiger charge is -2.31. The monoisotopic (exact) mass is 280 g/mol. The fourth-order valence-corrected chi connectivity index (χ4v) is 4.44. The molecule has 2 N–H and O–H groups in total. The molecule has 2 amide bonds. The predicted octanol–water partition coefficient (Wildman–Crippen LogP) is 0.378. The van der Waals surface area contributed by atoms with E-state index in [9.17, 15) is 14.7 Å². The van der Waals surface area contributed by atoms with Gasteiger partial charge in [0, 0.05) is 38.6 Å². The van der Waals surface area contributed by atoms with Crippen LogP contribution in [0.3, 0.4) is 0 Å². The van der Waals surface area contributed by atoms with Crippen LogP contribution in [0.4, 0.5) is 0 Å². The van der Waals surface area contributed by atoms with Crippen LogP contribution in [-0.2, 0) is 9.59 Å². The van der Waals surface area contributed by atoms with Crippen LogP contribution in [0.15, 0.2) is 0 Å². The van der Waals surface area contributed by atoms with E-state index in [4.69, 9.17) is 0 Å². The average Bonchev–Trinajstić information content (AvgIpc) is 3.13. The van der Waals surface area contributed by atoms with Gasteiger partial charge in [-0.2, -0.15) is 0 Å². The van der Waals surface area contributed by atoms with E-state index < -0.39 is 0 Å². The van der Waals surface area contributed by atoms with Crippen molar-refractivity contribution in [3.63, 3.8) is 0 Å². The first-order valence-electron chi connectivity index (χ1n) is 7.77. The first-order valence-corrected chi connectivity index (χ1v) is 7.77. The van der Waals surface area contributed by atoms with Gasteiger partial charge in [0.1, 0.15) is 0 Å². The largest absolute Gasteiger partial charge is 0.396 e. The van der Waals surface area contributed by atoms with Gasteiger partial charge in [-0.05, 0) is 37.5 Å². The smallest absolute Gasteiger partial charge is 0.225 e. The molecule has 112 valence electrons. The summed E-state index contributed by atoms with van der Waals surface area (Å²) < 4.78 is 0. The third-order valence-electron chi connectivity index (χ3n) is 5.61. The summed E-state index contributed by atoms with van der Waals surface area (Å²) >= 11 is 0. The quantitative estimate of drug-likeness (QED) is 0.785. The summed E-state index contributed by atoms with van der Waals surface area (Å²) in [7, 11) is 0. The molecular formula is C15H24N2O3. The minimum absolute atomic E-state index is 0.0495. The Labute approximate surface area is 119 Å². The van der Waals surface area contributed by atoms with Crippen molar-refractivity contribution < 1.29 is 14.7 Å². The molecule has 20 heavy (non-hydrogen) atoms. The van der Waals surface area contributed by atoms with E-state index in [0.717, 1.165) is 12.8 Å². The lowest BCUT2D eigenvalue weighted by atomic mass is 9.84. The third-order valence-corrected chi connectivity index (χ3v) is 5.61. The second-order valence-electron chi connectivity index (χ2n) is 6.66. The molecule has 3 aliphatic rings. The van der Waals surface area contributed by atoms with Crippen LogP contribution in [0.2, 0.25) is 0 Å². The third kappa shape index (κ3) is 2.32. The van der Waals surface area contributed by atoms with E-state index in [1.54, 1.807) is 11.8 Å². The van der Waals surface area contributed by atoms with E-state index >= 15 is 0 Å². The average molecular weight is 280 g/mol. The first kappa shape index (κ1) is 13.9. The van der Waals surface area contributed by atoms with Gasteiger partial charge in [-0.1, -0.05) is 0 Å². The van der Waals surface area contributed by atoms with Crippen molar-refractivity contribution in [3.8, 4) is 0 Å². The van der Waals surface area contributed by atoms with Gasteiger partial charge in [0.05, 0.1) is 5.92 Å². The van der Waals surface area contributed by atoms with Gasteiger partial charge in [0.25, 0.3) is 0 Å². The molecular weight excluding hydrogens is 256 g/mol. The molecule has 2 saturated carbocycles. The molecule has 5 heteroatoms. The van der Waals surface area contributed by atoms with Crippen molar-refractivity contribution in [1.82, 2.24) is 10.2 Å². The van der Waals surface area contributed by atoms with Crippen LogP contribution in [0, 0.1) is 23.7 Å². The standard InChI is InChI=1S/C15H24N2O3/c1-9(19)17-5-4-12(7-17)15(20)16-14-11-3-2-10(6-11)13(14)8-18/h10-14,18H,2-8H2,1H3,(H,16,20). The summed E-state index contributed by atoms with van der Waals surface area (Å²) in [6.45, 7) is 2.97. The number of fused-ring (bicyclic) bond motifs is 2. The Hall–Kier alpha value is -1.10. The molecule has 1 saturated heterocycles. The first-order chi connectivity index (χ1) is 9.60. The Morgan fingerprint density at radius 3 is 2.65 bits per heavy atom. The van der Waals surface area contributed by atoms with Gasteiger partial charge < -0.3 is 15.3 Å². The summed E-state index contributed by atoms with van der Waals surface area (Å²) in [6.07, 6.45) is 4.29. The molecule has 2 aliphatic carbocycles. The van der Waals surface area contributed by atoms with Crippen molar-refractivity contribution in [2.45, 2.75) is 38.6 Å². The van der Waals surface area contributed by atoms with Crippen LogP contribution >= 0.6 is 0 Å². The highest BCUT2D eigenvalue weighted by molar-refractivity contribution is 5.81. The molecule has 0 radical (unpaired) electrons. The number of hydrogen-bond acceptors (Lipinski definition) is 3. The highest BCUT2D eigenvalue weighted by Crippen LogP contribution is 2.48. The molecule has 1 aliphatic heterocycles. The zero-order valence-electron chi connectivity index (χ0n) is 12.0. The van der Waals surface area contributed by atoms with E-state index in [-0.39, 0.29) is 36.3 Å². The number of hydrogen-bond donors (Lipinski definition) is 2. The SMILES string of the molecule is CC(=O)N1CCC(C(=O)NC2C3CCC(C3)C2CO)C1. The predicted molar refractivity (Wildman–Crippen MR) is 73.7 cm³/mol. The van der Waals surface area contributed by atoms with Crippen molar-refractivity contribution >= 4 is 11.8 Å². The van der Waals surface area contributed by atoms with Gasteiger partial charge in [-0.15, -0.1) is 0 Å². The number of likely N-dealkylation sites (tertiary alicyclic amines) is 1. The summed E-state index contributed by atoms with van der Waals surface area (Å²) in [5, 5.41) is 12.7. The van der Waals surface area contributed by atoms with E-state index in [0.29, 0.717) is 24.9 Å². The van der Waals surface area contributed by atoms with Crippen LogP contribution in [-0.4, -0.2) is 47.6 Å². The molecule has 0 spiro atoms. The van der Waals surface area contributed by atoms with Crippen LogP contribution in [0.25, 0.3) is 0 Å². The maximum Gasteiger partial charge on any atom is 0.225 e. The molecule has 5 atom stereocenters. The minimum Gasteiger partial charge on any atom is -0.396 e. The highest BCUT2D eigenvalue weighted by Gasteiger charge is 2.48. The Morgan fingerprint density at radius 2 is 2.00 bits per heavy atom. The lowest BCUT2D eigenvalue weighted by Crippen LogP contribution is -2.47. The lowest BCUT2D eigenvalue weighted by molar-refractivity contribution is -0.129. The normalized spacial score (nSPS) is 39.3. The number of aliphatic hydroxyl groups excluding tert-OH is 1. The maximum atomic E-state index is 12.4. The van der Waals surface area contributed by atoms with E-state index in [1.165, 1.54) is 12.8 Å². The van der Waals surface area contributed by atoms with Gasteiger partial charge in [-0.3, -0.25) is 9.59 Å². The molecule has 3 fully saturated rings. The Morgan fingerprint density at radius 1 is 1.25 bits per heavy atom. The molecule has 0 aromatic heterocycles. The second kappa shape index (κ2) is 5.35. The maximum absolute atomic E-state index is 12.4. The summed E-state index contributed by atoms with van der Waals surface area (Å²) in [5.74, 6) is 1.43.